The zero-order valence-electron chi connectivity index (χ0n) is 23.7. The van der Waals surface area contributed by atoms with E-state index in [-0.39, 0.29) is 5.91 Å². The van der Waals surface area contributed by atoms with Crippen LogP contribution in [0, 0.1) is 0 Å². The van der Waals surface area contributed by atoms with Gasteiger partial charge in [-0.05, 0) is 76.3 Å². The molecule has 0 saturated carbocycles. The SMILES string of the molecule is C/C=C(/C(=O)NCc1ccc(NCCN(C)C)nc1)c1cnn(-c2ccc(N(C)C)cc2)c1/C=C(\C)CC. The summed E-state index contributed by atoms with van der Waals surface area (Å²) in [7, 11) is 8.12. The van der Waals surface area contributed by atoms with E-state index in [1.807, 2.05) is 70.1 Å². The van der Waals surface area contributed by atoms with Crippen molar-refractivity contribution in [3.8, 4) is 5.69 Å². The van der Waals surface area contributed by atoms with Crippen LogP contribution in [0.2, 0.25) is 0 Å². The second-order valence-electron chi connectivity index (χ2n) is 9.78. The standard InChI is InChI=1S/C30H41N7O/c1-8-22(3)18-28-27(21-34-37(28)25-13-11-24(12-14-25)36(6)7)26(9-2)30(38)33-20-23-10-15-29(32-19-23)31-16-17-35(4)5/h9-15,18-19,21H,8,16-17,20H2,1-7H3,(H,31,32)(H,33,38)/b22-18+,26-9+. The number of aromatic nitrogens is 3. The van der Waals surface area contributed by atoms with Gasteiger partial charge in [-0.2, -0.15) is 5.10 Å². The summed E-state index contributed by atoms with van der Waals surface area (Å²) in [5.41, 5.74) is 6.48. The summed E-state index contributed by atoms with van der Waals surface area (Å²) in [6.45, 7) is 8.24. The number of allylic oxidation sites excluding steroid dienone is 2. The second-order valence-corrected chi connectivity index (χ2v) is 9.78. The van der Waals surface area contributed by atoms with Crippen LogP contribution in [-0.4, -0.2) is 66.9 Å². The first kappa shape index (κ1) is 28.7. The minimum absolute atomic E-state index is 0.146. The van der Waals surface area contributed by atoms with Gasteiger partial charge in [0.05, 0.1) is 17.6 Å². The molecular weight excluding hydrogens is 474 g/mol. The van der Waals surface area contributed by atoms with Gasteiger partial charge in [-0.3, -0.25) is 4.79 Å². The Morgan fingerprint density at radius 2 is 1.79 bits per heavy atom. The summed E-state index contributed by atoms with van der Waals surface area (Å²) < 4.78 is 1.90. The van der Waals surface area contributed by atoms with Crippen LogP contribution in [0.15, 0.2) is 60.4 Å². The summed E-state index contributed by atoms with van der Waals surface area (Å²) in [4.78, 5) is 22.0. The number of amides is 1. The zero-order chi connectivity index (χ0) is 27.7. The summed E-state index contributed by atoms with van der Waals surface area (Å²) in [5.74, 6) is 0.678. The van der Waals surface area contributed by atoms with Crippen LogP contribution in [0.1, 0.15) is 44.0 Å². The summed E-state index contributed by atoms with van der Waals surface area (Å²) >= 11 is 0. The number of anilines is 2. The first-order valence-corrected chi connectivity index (χ1v) is 13.0. The number of benzene rings is 1. The van der Waals surface area contributed by atoms with E-state index in [4.69, 9.17) is 0 Å². The van der Waals surface area contributed by atoms with Gasteiger partial charge in [0.1, 0.15) is 5.82 Å². The largest absolute Gasteiger partial charge is 0.378 e. The van der Waals surface area contributed by atoms with Gasteiger partial charge >= 0.3 is 0 Å². The van der Waals surface area contributed by atoms with Crippen molar-refractivity contribution in [2.45, 2.75) is 33.7 Å². The number of hydrogen-bond donors (Lipinski definition) is 2. The van der Waals surface area contributed by atoms with Crippen molar-refractivity contribution in [1.29, 1.82) is 0 Å². The monoisotopic (exact) mass is 515 g/mol. The fourth-order valence-corrected chi connectivity index (χ4v) is 3.87. The number of nitrogens with zero attached hydrogens (tertiary/aromatic N) is 5. The quantitative estimate of drug-likeness (QED) is 0.336. The number of pyridine rings is 1. The number of hydrogen-bond acceptors (Lipinski definition) is 6. The Morgan fingerprint density at radius 3 is 2.37 bits per heavy atom. The highest BCUT2D eigenvalue weighted by Crippen LogP contribution is 2.26. The Balaban J connectivity index is 1.79. The molecule has 0 radical (unpaired) electrons. The molecule has 3 aromatic rings. The molecule has 0 saturated heterocycles. The average Bonchev–Trinajstić information content (AvgIpc) is 3.31. The summed E-state index contributed by atoms with van der Waals surface area (Å²) in [6.07, 6.45) is 8.45. The average molecular weight is 516 g/mol. The minimum Gasteiger partial charge on any atom is -0.378 e. The Labute approximate surface area is 227 Å². The molecule has 0 unspecified atom stereocenters. The van der Waals surface area contributed by atoms with Crippen LogP contribution in [0.5, 0.6) is 0 Å². The maximum Gasteiger partial charge on any atom is 0.251 e. The van der Waals surface area contributed by atoms with E-state index >= 15 is 0 Å². The number of carbonyl (C=O) groups is 1. The molecule has 0 aliphatic rings. The highest BCUT2D eigenvalue weighted by atomic mass is 16.1. The van der Waals surface area contributed by atoms with Crippen molar-refractivity contribution in [3.05, 3.63) is 77.3 Å². The van der Waals surface area contributed by atoms with Crippen LogP contribution in [0.4, 0.5) is 11.5 Å². The van der Waals surface area contributed by atoms with Crippen molar-refractivity contribution < 1.29 is 4.79 Å². The lowest BCUT2D eigenvalue weighted by Gasteiger charge is -2.14. The van der Waals surface area contributed by atoms with Gasteiger partial charge in [0.2, 0.25) is 0 Å². The zero-order valence-corrected chi connectivity index (χ0v) is 23.7. The van der Waals surface area contributed by atoms with Gasteiger partial charge in [0, 0.05) is 56.8 Å². The van der Waals surface area contributed by atoms with E-state index in [2.05, 4.69) is 62.6 Å². The first-order chi connectivity index (χ1) is 18.2. The molecule has 0 bridgehead atoms. The summed E-state index contributed by atoms with van der Waals surface area (Å²) in [6, 6.07) is 12.2. The third-order valence-corrected chi connectivity index (χ3v) is 6.32. The van der Waals surface area contributed by atoms with Gasteiger partial charge < -0.3 is 20.4 Å². The lowest BCUT2D eigenvalue weighted by molar-refractivity contribution is -0.115. The van der Waals surface area contributed by atoms with Crippen molar-refractivity contribution in [1.82, 2.24) is 25.0 Å². The Morgan fingerprint density at radius 1 is 1.05 bits per heavy atom. The fourth-order valence-electron chi connectivity index (χ4n) is 3.87. The third kappa shape index (κ3) is 7.55. The molecule has 202 valence electrons. The Kier molecular flexibility index (Phi) is 10.2. The molecule has 2 N–H and O–H groups in total. The van der Waals surface area contributed by atoms with Crippen LogP contribution in [0.25, 0.3) is 17.3 Å². The van der Waals surface area contributed by atoms with Crippen LogP contribution in [0.3, 0.4) is 0 Å². The van der Waals surface area contributed by atoms with E-state index in [0.29, 0.717) is 12.1 Å². The van der Waals surface area contributed by atoms with Crippen molar-refractivity contribution in [2.24, 2.45) is 0 Å². The van der Waals surface area contributed by atoms with E-state index in [9.17, 15) is 4.79 Å². The van der Waals surface area contributed by atoms with Crippen LogP contribution >= 0.6 is 0 Å². The van der Waals surface area contributed by atoms with Gasteiger partial charge in [0.25, 0.3) is 5.91 Å². The second kappa shape index (κ2) is 13.6. The lowest BCUT2D eigenvalue weighted by Crippen LogP contribution is -2.24. The Bertz CT molecular complexity index is 1250. The number of carbonyl (C=O) groups excluding carboxylic acids is 1. The molecule has 38 heavy (non-hydrogen) atoms. The molecule has 2 aromatic heterocycles. The number of rotatable bonds is 12. The van der Waals surface area contributed by atoms with E-state index < -0.39 is 0 Å². The van der Waals surface area contributed by atoms with Crippen molar-refractivity contribution in [3.63, 3.8) is 0 Å². The molecule has 1 aromatic carbocycles. The molecule has 0 aliphatic heterocycles. The number of likely N-dealkylation sites (N-methyl/N-ethyl adjacent to an activating group) is 1. The van der Waals surface area contributed by atoms with Gasteiger partial charge in [-0.25, -0.2) is 9.67 Å². The van der Waals surface area contributed by atoms with E-state index in [0.717, 1.165) is 53.5 Å². The Hall–Kier alpha value is -3.91. The smallest absolute Gasteiger partial charge is 0.251 e. The van der Waals surface area contributed by atoms with E-state index in [1.54, 1.807) is 12.4 Å². The highest BCUT2D eigenvalue weighted by Gasteiger charge is 2.19. The van der Waals surface area contributed by atoms with Gasteiger partial charge in [-0.1, -0.05) is 24.6 Å². The normalized spacial score (nSPS) is 12.1. The van der Waals surface area contributed by atoms with Crippen LogP contribution < -0.4 is 15.5 Å². The molecule has 0 fully saturated rings. The molecule has 1 amide bonds. The molecule has 8 heteroatoms. The molecule has 0 spiro atoms. The predicted molar refractivity (Wildman–Crippen MR) is 159 cm³/mol. The van der Waals surface area contributed by atoms with E-state index in [1.165, 1.54) is 5.57 Å². The molecule has 8 nitrogen and oxygen atoms in total. The first-order valence-electron chi connectivity index (χ1n) is 13.0. The lowest BCUT2D eigenvalue weighted by atomic mass is 10.0. The summed E-state index contributed by atoms with van der Waals surface area (Å²) in [5, 5.41) is 11.0. The minimum atomic E-state index is -0.146. The fraction of sp³-hybridized carbons (Fsp3) is 0.367. The van der Waals surface area contributed by atoms with Crippen molar-refractivity contribution >= 4 is 29.1 Å². The van der Waals surface area contributed by atoms with Gasteiger partial charge in [-0.15, -0.1) is 0 Å². The molecular formula is C30H41N7O. The molecule has 2 heterocycles. The third-order valence-electron chi connectivity index (χ3n) is 6.32. The molecule has 0 atom stereocenters. The maximum atomic E-state index is 13.3. The maximum absolute atomic E-state index is 13.3. The molecule has 0 aliphatic carbocycles. The van der Waals surface area contributed by atoms with Crippen LogP contribution in [-0.2, 0) is 11.3 Å². The predicted octanol–water partition coefficient (Wildman–Crippen LogP) is 4.84. The van der Waals surface area contributed by atoms with Gasteiger partial charge in [0.15, 0.2) is 0 Å². The number of nitrogens with one attached hydrogen (secondary N) is 2. The topological polar surface area (TPSA) is 78.3 Å². The molecule has 3 rings (SSSR count). The van der Waals surface area contributed by atoms with Crippen molar-refractivity contribution in [2.75, 3.05) is 51.5 Å². The highest BCUT2D eigenvalue weighted by molar-refractivity contribution is 6.20.